The first-order valence-corrected chi connectivity index (χ1v) is 6.31. The van der Waals surface area contributed by atoms with Crippen LogP contribution < -0.4 is 11.1 Å². The first kappa shape index (κ1) is 14.2. The Bertz CT molecular complexity index is 207. The largest absolute Gasteiger partial charge is 0.380 e. The van der Waals surface area contributed by atoms with Gasteiger partial charge in [0, 0.05) is 24.2 Å². The van der Waals surface area contributed by atoms with Gasteiger partial charge < -0.3 is 15.8 Å². The van der Waals surface area contributed by atoms with Gasteiger partial charge >= 0.3 is 0 Å². The Balaban J connectivity index is 0.00000128. The van der Waals surface area contributed by atoms with Gasteiger partial charge in [-0.2, -0.15) is 0 Å². The van der Waals surface area contributed by atoms with Crippen LogP contribution in [-0.4, -0.2) is 30.8 Å². The molecule has 3 N–H and O–H groups in total. The molecule has 0 spiro atoms. The van der Waals surface area contributed by atoms with Crippen molar-refractivity contribution in [2.75, 3.05) is 13.2 Å². The Morgan fingerprint density at radius 1 is 1.25 bits per heavy atom. The molecule has 0 aromatic rings. The van der Waals surface area contributed by atoms with E-state index in [1.165, 1.54) is 32.1 Å². The van der Waals surface area contributed by atoms with E-state index in [2.05, 4.69) is 12.2 Å². The van der Waals surface area contributed by atoms with Gasteiger partial charge in [-0.1, -0.05) is 19.3 Å². The summed E-state index contributed by atoms with van der Waals surface area (Å²) in [6.45, 7) is 3.93. The van der Waals surface area contributed by atoms with Gasteiger partial charge in [-0.25, -0.2) is 0 Å². The normalized spacial score (nSPS) is 34.1. The highest BCUT2D eigenvalue weighted by molar-refractivity contribution is 5.85. The molecular weight excluding hydrogens is 224 g/mol. The standard InChI is InChI=1S/C12H24N2O.ClH/c1-12(6-3-2-4-7-12)14-11-5-8-15-9-10(11)13;/h10-11,14H,2-9,13H2,1H3;1H/t10-,11-;/m1./s1. The van der Waals surface area contributed by atoms with Crippen LogP contribution >= 0.6 is 12.4 Å². The Kier molecular flexibility index (Phi) is 5.51. The zero-order chi connectivity index (χ0) is 10.7. The second kappa shape index (κ2) is 6.20. The van der Waals surface area contributed by atoms with E-state index in [0.29, 0.717) is 18.2 Å². The summed E-state index contributed by atoms with van der Waals surface area (Å²) in [5.41, 5.74) is 6.40. The predicted molar refractivity (Wildman–Crippen MR) is 69.1 cm³/mol. The van der Waals surface area contributed by atoms with Crippen LogP contribution in [0.25, 0.3) is 0 Å². The van der Waals surface area contributed by atoms with Crippen LogP contribution in [0.4, 0.5) is 0 Å². The quantitative estimate of drug-likeness (QED) is 0.784. The zero-order valence-electron chi connectivity index (χ0n) is 10.2. The Morgan fingerprint density at radius 3 is 2.56 bits per heavy atom. The van der Waals surface area contributed by atoms with Gasteiger partial charge in [-0.05, 0) is 26.2 Å². The second-order valence-corrected chi connectivity index (χ2v) is 5.40. The van der Waals surface area contributed by atoms with Crippen molar-refractivity contribution in [2.45, 2.75) is 63.1 Å². The highest BCUT2D eigenvalue weighted by atomic mass is 35.5. The summed E-state index contributed by atoms with van der Waals surface area (Å²) in [5, 5.41) is 3.78. The van der Waals surface area contributed by atoms with Crippen LogP contribution in [0, 0.1) is 0 Å². The first-order valence-electron chi connectivity index (χ1n) is 6.31. The van der Waals surface area contributed by atoms with Crippen LogP contribution in [0.2, 0.25) is 0 Å². The Morgan fingerprint density at radius 2 is 1.94 bits per heavy atom. The van der Waals surface area contributed by atoms with E-state index in [0.717, 1.165) is 13.0 Å². The molecule has 1 aliphatic heterocycles. The SMILES string of the molecule is CC1(N[C@@H]2CCOC[C@H]2N)CCCCC1.Cl. The summed E-state index contributed by atoms with van der Waals surface area (Å²) < 4.78 is 5.37. The molecule has 96 valence electrons. The molecular formula is C12H25ClN2O. The van der Waals surface area contributed by atoms with Gasteiger partial charge in [-0.15, -0.1) is 12.4 Å². The maximum atomic E-state index is 6.07. The summed E-state index contributed by atoms with van der Waals surface area (Å²) in [6.07, 6.45) is 7.80. The highest BCUT2D eigenvalue weighted by Gasteiger charge is 2.32. The number of halogens is 1. The molecule has 3 nitrogen and oxygen atoms in total. The van der Waals surface area contributed by atoms with Gasteiger partial charge in [0.15, 0.2) is 0 Å². The zero-order valence-corrected chi connectivity index (χ0v) is 11.0. The molecule has 0 amide bonds. The summed E-state index contributed by atoms with van der Waals surface area (Å²) >= 11 is 0. The summed E-state index contributed by atoms with van der Waals surface area (Å²) in [5.74, 6) is 0. The highest BCUT2D eigenvalue weighted by Crippen LogP contribution is 2.28. The summed E-state index contributed by atoms with van der Waals surface area (Å²) in [6, 6.07) is 0.638. The van der Waals surface area contributed by atoms with E-state index in [1.54, 1.807) is 0 Å². The summed E-state index contributed by atoms with van der Waals surface area (Å²) in [7, 11) is 0. The molecule has 2 fully saturated rings. The average molecular weight is 249 g/mol. The number of ether oxygens (including phenoxy) is 1. The van der Waals surface area contributed by atoms with Gasteiger partial charge in [0.05, 0.1) is 6.61 Å². The molecule has 4 heteroatoms. The Labute approximate surface area is 105 Å². The molecule has 1 saturated heterocycles. The van der Waals surface area contributed by atoms with E-state index in [1.807, 2.05) is 0 Å². The predicted octanol–water partition coefficient (Wildman–Crippen LogP) is 1.84. The third-order valence-electron chi connectivity index (χ3n) is 3.89. The molecule has 0 aromatic heterocycles. The van der Waals surface area contributed by atoms with Crippen LogP contribution in [0.3, 0.4) is 0 Å². The van der Waals surface area contributed by atoms with Crippen molar-refractivity contribution in [1.29, 1.82) is 0 Å². The molecule has 0 unspecified atom stereocenters. The smallest absolute Gasteiger partial charge is 0.0632 e. The average Bonchev–Trinajstić information content (AvgIpc) is 2.22. The van der Waals surface area contributed by atoms with Gasteiger partial charge in [0.25, 0.3) is 0 Å². The van der Waals surface area contributed by atoms with Gasteiger partial charge in [0.1, 0.15) is 0 Å². The molecule has 0 aromatic carbocycles. The van der Waals surface area contributed by atoms with Crippen molar-refractivity contribution in [3.63, 3.8) is 0 Å². The lowest BCUT2D eigenvalue weighted by Gasteiger charge is -2.41. The molecule has 2 atom stereocenters. The van der Waals surface area contributed by atoms with Crippen molar-refractivity contribution in [1.82, 2.24) is 5.32 Å². The van der Waals surface area contributed by atoms with Gasteiger partial charge in [-0.3, -0.25) is 0 Å². The molecule has 1 aliphatic carbocycles. The number of hydrogen-bond donors (Lipinski definition) is 2. The molecule has 2 aliphatic rings. The fourth-order valence-corrected chi connectivity index (χ4v) is 2.86. The fraction of sp³-hybridized carbons (Fsp3) is 1.00. The number of nitrogens with two attached hydrogens (primary N) is 1. The molecule has 0 bridgehead atoms. The second-order valence-electron chi connectivity index (χ2n) is 5.40. The molecule has 2 rings (SSSR count). The molecule has 0 radical (unpaired) electrons. The molecule has 1 saturated carbocycles. The minimum atomic E-state index is 0. The van der Waals surface area contributed by atoms with Crippen LogP contribution in [-0.2, 0) is 4.74 Å². The minimum Gasteiger partial charge on any atom is -0.380 e. The van der Waals surface area contributed by atoms with E-state index >= 15 is 0 Å². The lowest BCUT2D eigenvalue weighted by Crippen LogP contribution is -2.58. The van der Waals surface area contributed by atoms with Crippen molar-refractivity contribution in [3.05, 3.63) is 0 Å². The number of nitrogens with one attached hydrogen (secondary N) is 1. The number of rotatable bonds is 2. The lowest BCUT2D eigenvalue weighted by molar-refractivity contribution is 0.0489. The van der Waals surface area contributed by atoms with E-state index < -0.39 is 0 Å². The Hall–Kier alpha value is 0.170. The molecule has 16 heavy (non-hydrogen) atoms. The first-order chi connectivity index (χ1) is 7.20. The topological polar surface area (TPSA) is 47.3 Å². The maximum Gasteiger partial charge on any atom is 0.0632 e. The third-order valence-corrected chi connectivity index (χ3v) is 3.89. The van der Waals surface area contributed by atoms with Crippen molar-refractivity contribution in [2.24, 2.45) is 5.73 Å². The summed E-state index contributed by atoms with van der Waals surface area (Å²) in [4.78, 5) is 0. The van der Waals surface area contributed by atoms with Gasteiger partial charge in [0.2, 0.25) is 0 Å². The molecule has 1 heterocycles. The third kappa shape index (κ3) is 3.59. The van der Waals surface area contributed by atoms with Crippen LogP contribution in [0.5, 0.6) is 0 Å². The van der Waals surface area contributed by atoms with Crippen LogP contribution in [0.15, 0.2) is 0 Å². The fourth-order valence-electron chi connectivity index (χ4n) is 2.86. The van der Waals surface area contributed by atoms with Crippen molar-refractivity contribution < 1.29 is 4.74 Å². The maximum absolute atomic E-state index is 6.07. The number of hydrogen-bond acceptors (Lipinski definition) is 3. The van der Waals surface area contributed by atoms with E-state index in [-0.39, 0.29) is 18.4 Å². The minimum absolute atomic E-state index is 0. The lowest BCUT2D eigenvalue weighted by atomic mass is 9.82. The van der Waals surface area contributed by atoms with Crippen LogP contribution in [0.1, 0.15) is 45.4 Å². The monoisotopic (exact) mass is 248 g/mol. The van der Waals surface area contributed by atoms with E-state index in [4.69, 9.17) is 10.5 Å². The van der Waals surface area contributed by atoms with Crippen molar-refractivity contribution >= 4 is 12.4 Å². The van der Waals surface area contributed by atoms with E-state index in [9.17, 15) is 0 Å². The van der Waals surface area contributed by atoms with Crippen molar-refractivity contribution in [3.8, 4) is 0 Å².